The molecule has 4 heteroatoms. The van der Waals surface area contributed by atoms with Gasteiger partial charge in [-0.15, -0.1) is 0 Å². The molecule has 1 unspecified atom stereocenters. The van der Waals surface area contributed by atoms with Crippen molar-refractivity contribution in [3.05, 3.63) is 35.6 Å². The maximum atomic E-state index is 12.8. The van der Waals surface area contributed by atoms with Crippen LogP contribution in [0.2, 0.25) is 0 Å². The lowest BCUT2D eigenvalue weighted by Gasteiger charge is -2.29. The van der Waals surface area contributed by atoms with Crippen LogP contribution in [-0.4, -0.2) is 29.9 Å². The minimum absolute atomic E-state index is 0.0130. The zero-order valence-corrected chi connectivity index (χ0v) is 10.4. The Kier molecular flexibility index (Phi) is 4.31. The molecular weight excluding hydrogens is 231 g/mol. The van der Waals surface area contributed by atoms with E-state index in [9.17, 15) is 9.18 Å². The average molecular weight is 250 g/mol. The number of carbonyl (C=O) groups excluding carboxylic acids is 1. The SMILES string of the molecule is NC(Cc1ccc(F)cc1)C(=O)N1CCCCC1. The molecule has 2 N–H and O–H groups in total. The first-order valence-electron chi connectivity index (χ1n) is 6.45. The van der Waals surface area contributed by atoms with Crippen molar-refractivity contribution in [2.24, 2.45) is 5.73 Å². The maximum Gasteiger partial charge on any atom is 0.239 e. The van der Waals surface area contributed by atoms with Gasteiger partial charge in [0.15, 0.2) is 0 Å². The number of hydrogen-bond acceptors (Lipinski definition) is 2. The van der Waals surface area contributed by atoms with Gasteiger partial charge in [0.05, 0.1) is 6.04 Å². The Labute approximate surface area is 107 Å². The Morgan fingerprint density at radius 3 is 2.44 bits per heavy atom. The van der Waals surface area contributed by atoms with Gasteiger partial charge < -0.3 is 10.6 Å². The summed E-state index contributed by atoms with van der Waals surface area (Å²) in [6.45, 7) is 1.63. The highest BCUT2D eigenvalue weighted by molar-refractivity contribution is 5.82. The van der Waals surface area contributed by atoms with Crippen LogP contribution in [0.4, 0.5) is 4.39 Å². The molecule has 0 spiro atoms. The number of likely N-dealkylation sites (tertiary alicyclic amines) is 1. The van der Waals surface area contributed by atoms with Gasteiger partial charge in [-0.25, -0.2) is 4.39 Å². The molecule has 1 fully saturated rings. The van der Waals surface area contributed by atoms with Gasteiger partial charge in [0.1, 0.15) is 5.82 Å². The molecule has 98 valence electrons. The molecule has 18 heavy (non-hydrogen) atoms. The summed E-state index contributed by atoms with van der Waals surface area (Å²) in [5, 5.41) is 0. The van der Waals surface area contributed by atoms with Crippen LogP contribution in [0.25, 0.3) is 0 Å². The third kappa shape index (κ3) is 3.29. The summed E-state index contributed by atoms with van der Waals surface area (Å²) in [6, 6.07) is 5.63. The van der Waals surface area contributed by atoms with Gasteiger partial charge in [-0.1, -0.05) is 12.1 Å². The van der Waals surface area contributed by atoms with Gasteiger partial charge in [-0.3, -0.25) is 4.79 Å². The van der Waals surface area contributed by atoms with Crippen molar-refractivity contribution in [2.75, 3.05) is 13.1 Å². The molecule has 0 saturated carbocycles. The molecule has 1 aliphatic heterocycles. The first kappa shape index (κ1) is 13.0. The van der Waals surface area contributed by atoms with Gasteiger partial charge in [0.2, 0.25) is 5.91 Å². The second-order valence-electron chi connectivity index (χ2n) is 4.82. The molecule has 1 aromatic carbocycles. The Hall–Kier alpha value is -1.42. The Morgan fingerprint density at radius 1 is 1.22 bits per heavy atom. The van der Waals surface area contributed by atoms with E-state index in [-0.39, 0.29) is 11.7 Å². The number of nitrogens with zero attached hydrogens (tertiary/aromatic N) is 1. The van der Waals surface area contributed by atoms with Crippen LogP contribution in [0.1, 0.15) is 24.8 Å². The summed E-state index contributed by atoms with van der Waals surface area (Å²) < 4.78 is 12.8. The van der Waals surface area contributed by atoms with E-state index in [4.69, 9.17) is 5.73 Å². The predicted molar refractivity (Wildman–Crippen MR) is 68.5 cm³/mol. The lowest BCUT2D eigenvalue weighted by atomic mass is 10.0. The molecule has 2 rings (SSSR count). The number of piperidine rings is 1. The van der Waals surface area contributed by atoms with E-state index >= 15 is 0 Å². The molecule has 1 heterocycles. The van der Waals surface area contributed by atoms with E-state index in [1.54, 1.807) is 12.1 Å². The standard InChI is InChI=1S/C14H19FN2O/c15-12-6-4-11(5-7-12)10-13(16)14(18)17-8-2-1-3-9-17/h4-7,13H,1-3,8-10,16H2. The second-order valence-corrected chi connectivity index (χ2v) is 4.82. The first-order chi connectivity index (χ1) is 8.66. The van der Waals surface area contributed by atoms with Crippen LogP contribution in [0.15, 0.2) is 24.3 Å². The number of rotatable bonds is 3. The molecule has 1 aliphatic rings. The molecule has 0 bridgehead atoms. The minimum Gasteiger partial charge on any atom is -0.341 e. The molecule has 1 amide bonds. The third-order valence-corrected chi connectivity index (χ3v) is 3.35. The maximum absolute atomic E-state index is 12.8. The van der Waals surface area contributed by atoms with Crippen LogP contribution in [0.5, 0.6) is 0 Å². The normalized spacial score (nSPS) is 17.6. The van der Waals surface area contributed by atoms with E-state index in [2.05, 4.69) is 0 Å². The summed E-state index contributed by atoms with van der Waals surface area (Å²) in [7, 11) is 0. The number of nitrogens with two attached hydrogens (primary N) is 1. The number of halogens is 1. The lowest BCUT2D eigenvalue weighted by Crippen LogP contribution is -2.46. The first-order valence-corrected chi connectivity index (χ1v) is 6.45. The molecule has 3 nitrogen and oxygen atoms in total. The quantitative estimate of drug-likeness (QED) is 0.887. The van der Waals surface area contributed by atoms with Gasteiger partial charge in [0.25, 0.3) is 0 Å². The molecule has 1 aromatic rings. The summed E-state index contributed by atoms with van der Waals surface area (Å²) in [5.74, 6) is -0.256. The summed E-state index contributed by atoms with van der Waals surface area (Å²) in [4.78, 5) is 13.9. The highest BCUT2D eigenvalue weighted by Gasteiger charge is 2.22. The van der Waals surface area contributed by atoms with Crippen LogP contribution in [0.3, 0.4) is 0 Å². The van der Waals surface area contributed by atoms with Gasteiger partial charge in [0, 0.05) is 13.1 Å². The van der Waals surface area contributed by atoms with Crippen molar-refractivity contribution in [1.82, 2.24) is 4.90 Å². The van der Waals surface area contributed by atoms with Crippen molar-refractivity contribution in [3.8, 4) is 0 Å². The highest BCUT2D eigenvalue weighted by Crippen LogP contribution is 2.12. The van der Waals surface area contributed by atoms with Crippen LogP contribution >= 0.6 is 0 Å². The Balaban J connectivity index is 1.92. The summed E-state index contributed by atoms with van der Waals surface area (Å²) in [6.07, 6.45) is 3.79. The monoisotopic (exact) mass is 250 g/mol. The Morgan fingerprint density at radius 2 is 1.83 bits per heavy atom. The molecule has 0 radical (unpaired) electrons. The number of amides is 1. The number of hydrogen-bond donors (Lipinski definition) is 1. The van der Waals surface area contributed by atoms with Gasteiger partial charge in [-0.05, 0) is 43.4 Å². The predicted octanol–water partition coefficient (Wildman–Crippen LogP) is 1.71. The molecule has 0 aliphatic carbocycles. The van der Waals surface area contributed by atoms with E-state index in [0.29, 0.717) is 6.42 Å². The summed E-state index contributed by atoms with van der Waals surface area (Å²) >= 11 is 0. The fraction of sp³-hybridized carbons (Fsp3) is 0.500. The lowest BCUT2D eigenvalue weighted by molar-refractivity contribution is -0.133. The molecule has 0 aromatic heterocycles. The van der Waals surface area contributed by atoms with Crippen molar-refractivity contribution >= 4 is 5.91 Å². The van der Waals surface area contributed by atoms with Crippen molar-refractivity contribution in [1.29, 1.82) is 0 Å². The number of benzene rings is 1. The van der Waals surface area contributed by atoms with Crippen LogP contribution in [0, 0.1) is 5.82 Å². The second kappa shape index (κ2) is 5.96. The highest BCUT2D eigenvalue weighted by atomic mass is 19.1. The van der Waals surface area contributed by atoms with E-state index < -0.39 is 6.04 Å². The molecule has 1 saturated heterocycles. The molecular formula is C14H19FN2O. The van der Waals surface area contributed by atoms with Crippen molar-refractivity contribution in [3.63, 3.8) is 0 Å². The zero-order valence-electron chi connectivity index (χ0n) is 10.4. The van der Waals surface area contributed by atoms with Gasteiger partial charge in [-0.2, -0.15) is 0 Å². The fourth-order valence-corrected chi connectivity index (χ4v) is 2.31. The largest absolute Gasteiger partial charge is 0.341 e. The van der Waals surface area contributed by atoms with Crippen molar-refractivity contribution in [2.45, 2.75) is 31.7 Å². The van der Waals surface area contributed by atoms with Gasteiger partial charge >= 0.3 is 0 Å². The summed E-state index contributed by atoms with van der Waals surface area (Å²) in [5.41, 5.74) is 6.83. The minimum atomic E-state index is -0.520. The smallest absolute Gasteiger partial charge is 0.239 e. The van der Waals surface area contributed by atoms with E-state index in [1.807, 2.05) is 4.90 Å². The van der Waals surface area contributed by atoms with Crippen LogP contribution < -0.4 is 5.73 Å². The van der Waals surface area contributed by atoms with Crippen molar-refractivity contribution < 1.29 is 9.18 Å². The Bertz CT molecular complexity index is 399. The fourth-order valence-electron chi connectivity index (χ4n) is 2.31. The van der Waals surface area contributed by atoms with E-state index in [1.165, 1.54) is 18.6 Å². The van der Waals surface area contributed by atoms with Crippen LogP contribution in [-0.2, 0) is 11.2 Å². The topological polar surface area (TPSA) is 46.3 Å². The number of carbonyl (C=O) groups is 1. The molecule has 1 atom stereocenters. The van der Waals surface area contributed by atoms with E-state index in [0.717, 1.165) is 31.5 Å². The average Bonchev–Trinajstić information content (AvgIpc) is 2.41. The zero-order chi connectivity index (χ0) is 13.0. The third-order valence-electron chi connectivity index (χ3n) is 3.35.